The Balaban J connectivity index is 1.72. The van der Waals surface area contributed by atoms with Gasteiger partial charge in [0, 0.05) is 24.5 Å². The van der Waals surface area contributed by atoms with E-state index < -0.39 is 0 Å². The number of anilines is 2. The lowest BCUT2D eigenvalue weighted by Gasteiger charge is -2.13. The van der Waals surface area contributed by atoms with Crippen LogP contribution in [0.1, 0.15) is 30.9 Å². The van der Waals surface area contributed by atoms with Gasteiger partial charge in [-0.3, -0.25) is 0 Å². The Hall–Kier alpha value is -2.16. The normalized spacial score (nSPS) is 10.4. The van der Waals surface area contributed by atoms with Gasteiger partial charge in [-0.15, -0.1) is 0 Å². The fourth-order valence-electron chi connectivity index (χ4n) is 2.35. The average Bonchev–Trinajstić information content (AvgIpc) is 2.57. The Labute approximate surface area is 140 Å². The summed E-state index contributed by atoms with van der Waals surface area (Å²) >= 11 is 0. The third-order valence-electron chi connectivity index (χ3n) is 4.00. The quantitative estimate of drug-likeness (QED) is 0.639. The Kier molecular flexibility index (Phi) is 6.79. The molecule has 2 aromatic carbocycles. The first-order chi connectivity index (χ1) is 11.2. The second kappa shape index (κ2) is 9.09. The Morgan fingerprint density at radius 2 is 1.65 bits per heavy atom. The molecule has 0 spiro atoms. The lowest BCUT2D eigenvalue weighted by atomic mass is 10.1. The van der Waals surface area contributed by atoms with E-state index in [9.17, 15) is 0 Å². The van der Waals surface area contributed by atoms with Gasteiger partial charge in [-0.05, 0) is 61.7 Å². The summed E-state index contributed by atoms with van der Waals surface area (Å²) in [6.45, 7) is 9.03. The van der Waals surface area contributed by atoms with E-state index in [0.717, 1.165) is 44.0 Å². The topological polar surface area (TPSA) is 33.3 Å². The van der Waals surface area contributed by atoms with Crippen LogP contribution in [0.2, 0.25) is 0 Å². The smallest absolute Gasteiger partial charge is 0.119 e. The van der Waals surface area contributed by atoms with Crippen molar-refractivity contribution in [2.45, 2.75) is 33.6 Å². The molecule has 3 heteroatoms. The number of benzene rings is 2. The summed E-state index contributed by atoms with van der Waals surface area (Å²) < 4.78 is 5.67. The zero-order valence-corrected chi connectivity index (χ0v) is 14.5. The molecule has 2 rings (SSSR count). The number of unbranched alkanes of at least 4 members (excludes halogenated alkanes) is 1. The van der Waals surface area contributed by atoms with E-state index in [4.69, 9.17) is 4.74 Å². The van der Waals surface area contributed by atoms with Gasteiger partial charge in [0.05, 0.1) is 6.61 Å². The molecular formula is C20H28N2O. The van der Waals surface area contributed by atoms with E-state index >= 15 is 0 Å². The maximum absolute atomic E-state index is 5.67. The summed E-state index contributed by atoms with van der Waals surface area (Å²) in [4.78, 5) is 0. The number of hydrogen-bond acceptors (Lipinski definition) is 3. The summed E-state index contributed by atoms with van der Waals surface area (Å²) in [6, 6.07) is 14.5. The van der Waals surface area contributed by atoms with Crippen molar-refractivity contribution in [1.82, 2.24) is 0 Å². The molecule has 124 valence electrons. The molecule has 23 heavy (non-hydrogen) atoms. The summed E-state index contributed by atoms with van der Waals surface area (Å²) in [5.74, 6) is 0.942. The summed E-state index contributed by atoms with van der Waals surface area (Å²) in [5.41, 5.74) is 4.98. The molecule has 0 fully saturated rings. The standard InChI is InChI=1S/C20H28N2O/c1-4-5-15-23-19-11-9-18(10-12-19)21-13-14-22-20-8-6-7-16(2)17(20)3/h6-12,21-22H,4-5,13-15H2,1-3H3. The van der Waals surface area contributed by atoms with Gasteiger partial charge < -0.3 is 15.4 Å². The van der Waals surface area contributed by atoms with Crippen molar-refractivity contribution in [2.75, 3.05) is 30.3 Å². The van der Waals surface area contributed by atoms with Crippen molar-refractivity contribution < 1.29 is 4.74 Å². The van der Waals surface area contributed by atoms with Crippen LogP contribution in [0, 0.1) is 13.8 Å². The maximum Gasteiger partial charge on any atom is 0.119 e. The van der Waals surface area contributed by atoms with Gasteiger partial charge in [0.25, 0.3) is 0 Å². The number of ether oxygens (including phenoxy) is 1. The minimum Gasteiger partial charge on any atom is -0.494 e. The van der Waals surface area contributed by atoms with Gasteiger partial charge >= 0.3 is 0 Å². The van der Waals surface area contributed by atoms with Crippen molar-refractivity contribution in [3.8, 4) is 5.75 Å². The highest BCUT2D eigenvalue weighted by molar-refractivity contribution is 5.54. The molecule has 0 unspecified atom stereocenters. The van der Waals surface area contributed by atoms with Crippen LogP contribution in [0.15, 0.2) is 42.5 Å². The molecule has 0 heterocycles. The fourth-order valence-corrected chi connectivity index (χ4v) is 2.35. The zero-order valence-electron chi connectivity index (χ0n) is 14.5. The monoisotopic (exact) mass is 312 g/mol. The number of rotatable bonds is 9. The van der Waals surface area contributed by atoms with Gasteiger partial charge in [-0.2, -0.15) is 0 Å². The number of aryl methyl sites for hydroxylation is 1. The minimum atomic E-state index is 0.795. The molecule has 0 aliphatic carbocycles. The lowest BCUT2D eigenvalue weighted by molar-refractivity contribution is 0.309. The van der Waals surface area contributed by atoms with Crippen molar-refractivity contribution in [1.29, 1.82) is 0 Å². The summed E-state index contributed by atoms with van der Waals surface area (Å²) in [7, 11) is 0. The van der Waals surface area contributed by atoms with E-state index in [-0.39, 0.29) is 0 Å². The van der Waals surface area contributed by atoms with Crippen LogP contribution in [0.3, 0.4) is 0 Å². The highest BCUT2D eigenvalue weighted by Crippen LogP contribution is 2.18. The highest BCUT2D eigenvalue weighted by atomic mass is 16.5. The molecule has 0 amide bonds. The third kappa shape index (κ3) is 5.51. The predicted molar refractivity (Wildman–Crippen MR) is 99.7 cm³/mol. The van der Waals surface area contributed by atoms with E-state index in [1.54, 1.807) is 0 Å². The molecule has 2 N–H and O–H groups in total. The van der Waals surface area contributed by atoms with Crippen molar-refractivity contribution >= 4 is 11.4 Å². The summed E-state index contributed by atoms with van der Waals surface area (Å²) in [6.07, 6.45) is 2.26. The first kappa shape index (κ1) is 17.2. The molecule has 2 aromatic rings. The average molecular weight is 312 g/mol. The van der Waals surface area contributed by atoms with Crippen molar-refractivity contribution in [2.24, 2.45) is 0 Å². The van der Waals surface area contributed by atoms with Gasteiger partial charge in [0.2, 0.25) is 0 Å². The minimum absolute atomic E-state index is 0.795. The summed E-state index contributed by atoms with van der Waals surface area (Å²) in [5, 5.41) is 6.91. The molecule has 3 nitrogen and oxygen atoms in total. The van der Waals surface area contributed by atoms with Gasteiger partial charge in [-0.25, -0.2) is 0 Å². The van der Waals surface area contributed by atoms with Crippen LogP contribution < -0.4 is 15.4 Å². The Bertz CT molecular complexity index is 593. The van der Waals surface area contributed by atoms with Crippen LogP contribution in [0.25, 0.3) is 0 Å². The molecule has 0 atom stereocenters. The van der Waals surface area contributed by atoms with Crippen LogP contribution >= 0.6 is 0 Å². The molecule has 0 aromatic heterocycles. The van der Waals surface area contributed by atoms with Crippen LogP contribution in [-0.2, 0) is 0 Å². The molecule has 0 saturated carbocycles. The van der Waals surface area contributed by atoms with Crippen LogP contribution in [0.5, 0.6) is 5.75 Å². The molecule has 0 bridgehead atoms. The third-order valence-corrected chi connectivity index (χ3v) is 4.00. The molecule has 0 saturated heterocycles. The van der Waals surface area contributed by atoms with Gasteiger partial charge in [0.1, 0.15) is 5.75 Å². The highest BCUT2D eigenvalue weighted by Gasteiger charge is 1.99. The van der Waals surface area contributed by atoms with E-state index in [0.29, 0.717) is 0 Å². The zero-order chi connectivity index (χ0) is 16.5. The van der Waals surface area contributed by atoms with E-state index in [1.807, 2.05) is 12.1 Å². The first-order valence-corrected chi connectivity index (χ1v) is 8.47. The second-order valence-corrected chi connectivity index (χ2v) is 5.83. The molecule has 0 radical (unpaired) electrons. The predicted octanol–water partition coefficient (Wildman–Crippen LogP) is 5.01. The van der Waals surface area contributed by atoms with Crippen LogP contribution in [0.4, 0.5) is 11.4 Å². The van der Waals surface area contributed by atoms with E-state index in [1.165, 1.54) is 16.8 Å². The number of nitrogens with one attached hydrogen (secondary N) is 2. The Morgan fingerprint density at radius 1 is 0.913 bits per heavy atom. The van der Waals surface area contributed by atoms with Gasteiger partial charge in [0.15, 0.2) is 0 Å². The molecule has 0 aliphatic heterocycles. The first-order valence-electron chi connectivity index (χ1n) is 8.47. The lowest BCUT2D eigenvalue weighted by Crippen LogP contribution is -2.14. The van der Waals surface area contributed by atoms with Gasteiger partial charge in [-0.1, -0.05) is 25.5 Å². The Morgan fingerprint density at radius 3 is 2.39 bits per heavy atom. The number of hydrogen-bond donors (Lipinski definition) is 2. The molecule has 0 aliphatic rings. The maximum atomic E-state index is 5.67. The largest absolute Gasteiger partial charge is 0.494 e. The van der Waals surface area contributed by atoms with Crippen molar-refractivity contribution in [3.05, 3.63) is 53.6 Å². The van der Waals surface area contributed by atoms with Crippen LogP contribution in [-0.4, -0.2) is 19.7 Å². The van der Waals surface area contributed by atoms with E-state index in [2.05, 4.69) is 61.7 Å². The SMILES string of the molecule is CCCCOc1ccc(NCCNc2cccc(C)c2C)cc1. The second-order valence-electron chi connectivity index (χ2n) is 5.83. The fraction of sp³-hybridized carbons (Fsp3) is 0.400. The van der Waals surface area contributed by atoms with Crippen molar-refractivity contribution in [3.63, 3.8) is 0 Å². The molecular weight excluding hydrogens is 284 g/mol.